The van der Waals surface area contributed by atoms with Crippen molar-refractivity contribution in [1.82, 2.24) is 9.78 Å². The number of nitrogens with zero attached hydrogens (tertiary/aromatic N) is 2. The number of aromatic nitrogens is 2. The fourth-order valence-corrected chi connectivity index (χ4v) is 2.38. The van der Waals surface area contributed by atoms with Crippen LogP contribution in [-0.4, -0.2) is 15.6 Å². The van der Waals surface area contributed by atoms with Gasteiger partial charge in [0.15, 0.2) is 0 Å². The van der Waals surface area contributed by atoms with Crippen LogP contribution in [0.2, 0.25) is 0 Å². The Morgan fingerprint density at radius 3 is 2.67 bits per heavy atom. The van der Waals surface area contributed by atoms with Crippen LogP contribution in [0.15, 0.2) is 6.07 Å². The van der Waals surface area contributed by atoms with E-state index in [0.717, 1.165) is 43.6 Å². The quantitative estimate of drug-likeness (QED) is 0.707. The molecule has 1 atom stereocenters. The van der Waals surface area contributed by atoms with Gasteiger partial charge >= 0.3 is 0 Å². The van der Waals surface area contributed by atoms with Gasteiger partial charge < -0.3 is 0 Å². The van der Waals surface area contributed by atoms with Gasteiger partial charge in [-0.05, 0) is 32.8 Å². The Balaban J connectivity index is 2.66. The van der Waals surface area contributed by atoms with Gasteiger partial charge in [0.25, 0.3) is 0 Å². The maximum Gasteiger partial charge on any atom is 0.141 e. The molecule has 1 unspecified atom stereocenters. The summed E-state index contributed by atoms with van der Waals surface area (Å²) in [7, 11) is 0. The molecule has 0 aliphatic rings. The third-order valence-electron chi connectivity index (χ3n) is 3.49. The molecule has 0 radical (unpaired) electrons. The SMILES string of the molecule is CCCCC(CC)C(=O)Cc1cc(C)nn1CC. The summed E-state index contributed by atoms with van der Waals surface area (Å²) in [5.41, 5.74) is 2.07. The molecule has 1 heterocycles. The molecule has 3 heteroatoms. The molecule has 3 nitrogen and oxygen atoms in total. The molecule has 0 bridgehead atoms. The second-order valence-electron chi connectivity index (χ2n) is 4.98. The van der Waals surface area contributed by atoms with Crippen molar-refractivity contribution in [2.75, 3.05) is 0 Å². The summed E-state index contributed by atoms with van der Waals surface area (Å²) >= 11 is 0. The van der Waals surface area contributed by atoms with E-state index in [9.17, 15) is 4.79 Å². The maximum absolute atomic E-state index is 12.3. The third-order valence-corrected chi connectivity index (χ3v) is 3.49. The topological polar surface area (TPSA) is 34.9 Å². The molecule has 102 valence electrons. The predicted octanol–water partition coefficient (Wildman–Crippen LogP) is 3.54. The number of carbonyl (C=O) groups excluding carboxylic acids is 1. The molecule has 0 spiro atoms. The van der Waals surface area contributed by atoms with Gasteiger partial charge in [0.05, 0.1) is 5.69 Å². The minimum atomic E-state index is 0.227. The Hall–Kier alpha value is -1.12. The first-order chi connectivity index (χ1) is 8.62. The van der Waals surface area contributed by atoms with Gasteiger partial charge in [-0.3, -0.25) is 9.48 Å². The van der Waals surface area contributed by atoms with Crippen LogP contribution in [0.4, 0.5) is 0 Å². The zero-order valence-electron chi connectivity index (χ0n) is 12.2. The highest BCUT2D eigenvalue weighted by molar-refractivity contribution is 5.82. The highest BCUT2D eigenvalue weighted by Crippen LogP contribution is 2.17. The van der Waals surface area contributed by atoms with E-state index in [2.05, 4.69) is 25.9 Å². The van der Waals surface area contributed by atoms with Crippen LogP contribution in [0.25, 0.3) is 0 Å². The summed E-state index contributed by atoms with van der Waals surface area (Å²) in [4.78, 5) is 12.3. The van der Waals surface area contributed by atoms with Gasteiger partial charge in [0.2, 0.25) is 0 Å². The summed E-state index contributed by atoms with van der Waals surface area (Å²) in [6, 6.07) is 2.04. The van der Waals surface area contributed by atoms with E-state index in [-0.39, 0.29) is 5.92 Å². The summed E-state index contributed by atoms with van der Waals surface area (Å²) in [6.07, 6.45) is 4.84. The smallest absolute Gasteiger partial charge is 0.141 e. The van der Waals surface area contributed by atoms with Crippen LogP contribution < -0.4 is 0 Å². The van der Waals surface area contributed by atoms with Crippen molar-refractivity contribution in [1.29, 1.82) is 0 Å². The first-order valence-electron chi connectivity index (χ1n) is 7.18. The van der Waals surface area contributed by atoms with E-state index in [4.69, 9.17) is 0 Å². The summed E-state index contributed by atoms with van der Waals surface area (Å²) in [5.74, 6) is 0.603. The molecule has 0 amide bonds. The molecular formula is C15H26N2O. The van der Waals surface area contributed by atoms with Crippen molar-refractivity contribution < 1.29 is 4.79 Å². The standard InChI is InChI=1S/C15H26N2O/c1-5-8-9-13(6-2)15(18)11-14-10-12(4)16-17(14)7-3/h10,13H,5-9,11H2,1-4H3. The predicted molar refractivity (Wildman–Crippen MR) is 74.7 cm³/mol. The Bertz CT molecular complexity index is 382. The van der Waals surface area contributed by atoms with E-state index in [0.29, 0.717) is 12.2 Å². The zero-order chi connectivity index (χ0) is 13.5. The van der Waals surface area contributed by atoms with E-state index >= 15 is 0 Å². The summed E-state index contributed by atoms with van der Waals surface area (Å²) in [5, 5.41) is 4.39. The number of carbonyl (C=O) groups is 1. The number of rotatable bonds is 8. The van der Waals surface area contributed by atoms with E-state index in [1.807, 2.05) is 17.7 Å². The van der Waals surface area contributed by atoms with Gasteiger partial charge in [0.1, 0.15) is 5.78 Å². The van der Waals surface area contributed by atoms with Gasteiger partial charge in [-0.2, -0.15) is 5.10 Å². The van der Waals surface area contributed by atoms with Crippen molar-refractivity contribution >= 4 is 5.78 Å². The van der Waals surface area contributed by atoms with Gasteiger partial charge in [-0.15, -0.1) is 0 Å². The van der Waals surface area contributed by atoms with Crippen LogP contribution in [-0.2, 0) is 17.8 Å². The Kier molecular flexibility index (Phi) is 6.10. The minimum absolute atomic E-state index is 0.227. The second kappa shape index (κ2) is 7.34. The number of hydrogen-bond donors (Lipinski definition) is 0. The minimum Gasteiger partial charge on any atom is -0.299 e. The Morgan fingerprint density at radius 1 is 1.39 bits per heavy atom. The molecule has 0 aliphatic heterocycles. The van der Waals surface area contributed by atoms with Crippen molar-refractivity contribution in [2.45, 2.75) is 66.3 Å². The molecule has 0 N–H and O–H groups in total. The molecule has 0 aliphatic carbocycles. The number of Topliss-reactive ketones (excluding diaryl/α,β-unsaturated/α-hetero) is 1. The number of aryl methyl sites for hydroxylation is 2. The summed E-state index contributed by atoms with van der Waals surface area (Å²) in [6.45, 7) is 9.17. The summed E-state index contributed by atoms with van der Waals surface area (Å²) < 4.78 is 1.94. The van der Waals surface area contributed by atoms with E-state index < -0.39 is 0 Å². The molecule has 0 fully saturated rings. The lowest BCUT2D eigenvalue weighted by molar-refractivity contribution is -0.122. The highest BCUT2D eigenvalue weighted by atomic mass is 16.1. The van der Waals surface area contributed by atoms with E-state index in [1.165, 1.54) is 0 Å². The van der Waals surface area contributed by atoms with Gasteiger partial charge in [-0.1, -0.05) is 26.7 Å². The van der Waals surface area contributed by atoms with Crippen molar-refractivity contribution in [3.8, 4) is 0 Å². The van der Waals surface area contributed by atoms with Crippen LogP contribution in [0.1, 0.15) is 57.8 Å². The average molecular weight is 250 g/mol. The Labute approximate surface area is 111 Å². The molecule has 0 saturated heterocycles. The average Bonchev–Trinajstić information content (AvgIpc) is 2.70. The molecular weight excluding hydrogens is 224 g/mol. The van der Waals surface area contributed by atoms with Crippen molar-refractivity contribution in [3.05, 3.63) is 17.5 Å². The molecule has 0 saturated carbocycles. The highest BCUT2D eigenvalue weighted by Gasteiger charge is 2.18. The largest absolute Gasteiger partial charge is 0.299 e. The van der Waals surface area contributed by atoms with Crippen molar-refractivity contribution in [3.63, 3.8) is 0 Å². The molecule has 1 aromatic heterocycles. The maximum atomic E-state index is 12.3. The van der Waals surface area contributed by atoms with Crippen LogP contribution in [0.5, 0.6) is 0 Å². The van der Waals surface area contributed by atoms with Crippen LogP contribution in [0.3, 0.4) is 0 Å². The van der Waals surface area contributed by atoms with E-state index in [1.54, 1.807) is 0 Å². The fourth-order valence-electron chi connectivity index (χ4n) is 2.38. The fraction of sp³-hybridized carbons (Fsp3) is 0.733. The Morgan fingerprint density at radius 2 is 2.11 bits per heavy atom. The van der Waals surface area contributed by atoms with Crippen molar-refractivity contribution in [2.24, 2.45) is 5.92 Å². The molecule has 1 rings (SSSR count). The second-order valence-corrected chi connectivity index (χ2v) is 4.98. The number of unbranched alkanes of at least 4 members (excludes halogenated alkanes) is 1. The molecule has 18 heavy (non-hydrogen) atoms. The molecule has 0 aromatic carbocycles. The lowest BCUT2D eigenvalue weighted by Crippen LogP contribution is -2.18. The normalized spacial score (nSPS) is 12.7. The number of ketones is 1. The lowest BCUT2D eigenvalue weighted by Gasteiger charge is -2.13. The lowest BCUT2D eigenvalue weighted by atomic mass is 9.92. The van der Waals surface area contributed by atoms with Crippen LogP contribution in [0, 0.1) is 12.8 Å². The number of hydrogen-bond acceptors (Lipinski definition) is 2. The molecule has 1 aromatic rings. The van der Waals surface area contributed by atoms with Crippen LogP contribution >= 0.6 is 0 Å². The zero-order valence-corrected chi connectivity index (χ0v) is 12.2. The van der Waals surface area contributed by atoms with Gasteiger partial charge in [0, 0.05) is 24.6 Å². The first kappa shape index (κ1) is 14.9. The third kappa shape index (κ3) is 3.97. The monoisotopic (exact) mass is 250 g/mol. The first-order valence-corrected chi connectivity index (χ1v) is 7.18. The van der Waals surface area contributed by atoms with Gasteiger partial charge in [-0.25, -0.2) is 0 Å².